The number of benzene rings is 1. The number of rotatable bonds is 5. The SMILES string of the molecule is CCOC(C)n1cc(-c2cccc(C(=O)O)c2)cn1. The van der Waals surface area contributed by atoms with Crippen molar-refractivity contribution in [3.05, 3.63) is 42.2 Å². The number of ether oxygens (including phenoxy) is 1. The Hall–Kier alpha value is -2.14. The average molecular weight is 260 g/mol. The zero-order valence-corrected chi connectivity index (χ0v) is 10.9. The maximum absolute atomic E-state index is 10.9. The number of carboxylic acids is 1. The zero-order chi connectivity index (χ0) is 13.8. The fourth-order valence-corrected chi connectivity index (χ4v) is 1.84. The first-order valence-corrected chi connectivity index (χ1v) is 6.11. The monoisotopic (exact) mass is 260 g/mol. The second-order valence-corrected chi connectivity index (χ2v) is 4.15. The van der Waals surface area contributed by atoms with Gasteiger partial charge in [0.1, 0.15) is 6.23 Å². The Kier molecular flexibility index (Phi) is 3.97. The second kappa shape index (κ2) is 5.67. The first kappa shape index (κ1) is 13.3. The minimum Gasteiger partial charge on any atom is -0.478 e. The average Bonchev–Trinajstić information content (AvgIpc) is 2.89. The van der Waals surface area contributed by atoms with Gasteiger partial charge >= 0.3 is 5.97 Å². The highest BCUT2D eigenvalue weighted by Gasteiger charge is 2.09. The number of carbonyl (C=O) groups is 1. The molecule has 2 rings (SSSR count). The van der Waals surface area contributed by atoms with E-state index in [1.165, 1.54) is 0 Å². The Morgan fingerprint density at radius 3 is 2.95 bits per heavy atom. The summed E-state index contributed by atoms with van der Waals surface area (Å²) in [6.45, 7) is 4.45. The quantitative estimate of drug-likeness (QED) is 0.897. The largest absolute Gasteiger partial charge is 0.478 e. The minimum absolute atomic E-state index is 0.138. The predicted octanol–water partition coefficient (Wildman–Crippen LogP) is 2.80. The van der Waals surface area contributed by atoms with Crippen molar-refractivity contribution in [1.29, 1.82) is 0 Å². The molecule has 1 unspecified atom stereocenters. The second-order valence-electron chi connectivity index (χ2n) is 4.15. The molecule has 0 aliphatic carbocycles. The third-order valence-electron chi connectivity index (χ3n) is 2.82. The Morgan fingerprint density at radius 1 is 1.47 bits per heavy atom. The van der Waals surface area contributed by atoms with Crippen LogP contribution in [-0.2, 0) is 4.74 Å². The van der Waals surface area contributed by atoms with Gasteiger partial charge in [-0.05, 0) is 31.5 Å². The van der Waals surface area contributed by atoms with Gasteiger partial charge in [0.2, 0.25) is 0 Å². The van der Waals surface area contributed by atoms with Gasteiger partial charge < -0.3 is 9.84 Å². The van der Waals surface area contributed by atoms with Crippen LogP contribution in [0.2, 0.25) is 0 Å². The van der Waals surface area contributed by atoms with Gasteiger partial charge in [-0.3, -0.25) is 0 Å². The van der Waals surface area contributed by atoms with E-state index in [2.05, 4.69) is 5.10 Å². The summed E-state index contributed by atoms with van der Waals surface area (Å²) in [5.74, 6) is -0.933. The Labute approximate surface area is 111 Å². The van der Waals surface area contributed by atoms with Crippen molar-refractivity contribution in [3.63, 3.8) is 0 Å². The van der Waals surface area contributed by atoms with E-state index < -0.39 is 5.97 Å². The summed E-state index contributed by atoms with van der Waals surface area (Å²) in [7, 11) is 0. The van der Waals surface area contributed by atoms with E-state index in [0.717, 1.165) is 11.1 Å². The summed E-state index contributed by atoms with van der Waals surface area (Å²) in [6, 6.07) is 6.79. The molecule has 0 amide bonds. The molecule has 0 aliphatic heterocycles. The Balaban J connectivity index is 2.27. The van der Waals surface area contributed by atoms with Crippen LogP contribution in [0, 0.1) is 0 Å². The molecule has 2 aromatic rings. The highest BCUT2D eigenvalue weighted by Crippen LogP contribution is 2.21. The molecule has 1 aromatic carbocycles. The van der Waals surface area contributed by atoms with Gasteiger partial charge in [0, 0.05) is 18.4 Å². The molecular formula is C14H16N2O3. The minimum atomic E-state index is -0.933. The number of aromatic carboxylic acids is 1. The number of aromatic nitrogens is 2. The van der Waals surface area contributed by atoms with Crippen LogP contribution in [0.25, 0.3) is 11.1 Å². The third-order valence-corrected chi connectivity index (χ3v) is 2.82. The molecule has 1 aromatic heterocycles. The fourth-order valence-electron chi connectivity index (χ4n) is 1.84. The van der Waals surface area contributed by atoms with E-state index >= 15 is 0 Å². The first-order chi connectivity index (χ1) is 9.11. The van der Waals surface area contributed by atoms with Crippen molar-refractivity contribution in [2.45, 2.75) is 20.1 Å². The zero-order valence-electron chi connectivity index (χ0n) is 10.9. The first-order valence-electron chi connectivity index (χ1n) is 6.11. The predicted molar refractivity (Wildman–Crippen MR) is 71.0 cm³/mol. The summed E-state index contributed by atoms with van der Waals surface area (Å²) in [5.41, 5.74) is 1.97. The van der Waals surface area contributed by atoms with Crippen LogP contribution in [0.5, 0.6) is 0 Å². The van der Waals surface area contributed by atoms with Gasteiger partial charge in [0.25, 0.3) is 0 Å². The molecule has 1 atom stereocenters. The van der Waals surface area contributed by atoms with E-state index in [9.17, 15) is 4.79 Å². The lowest BCUT2D eigenvalue weighted by Gasteiger charge is -2.11. The summed E-state index contributed by atoms with van der Waals surface area (Å²) >= 11 is 0. The third kappa shape index (κ3) is 3.00. The smallest absolute Gasteiger partial charge is 0.335 e. The maximum atomic E-state index is 10.9. The molecule has 1 N–H and O–H groups in total. The van der Waals surface area contributed by atoms with Gasteiger partial charge in [0.05, 0.1) is 11.8 Å². The van der Waals surface area contributed by atoms with Gasteiger partial charge in [-0.15, -0.1) is 0 Å². The molecule has 0 spiro atoms. The number of hydrogen-bond acceptors (Lipinski definition) is 3. The summed E-state index contributed by atoms with van der Waals surface area (Å²) < 4.78 is 7.16. The van der Waals surface area contributed by atoms with Crippen molar-refractivity contribution in [2.75, 3.05) is 6.61 Å². The topological polar surface area (TPSA) is 64.3 Å². The summed E-state index contributed by atoms with van der Waals surface area (Å²) in [5, 5.41) is 13.2. The van der Waals surface area contributed by atoms with Gasteiger partial charge in [0.15, 0.2) is 0 Å². The van der Waals surface area contributed by atoms with Crippen molar-refractivity contribution in [2.24, 2.45) is 0 Å². The Bertz CT molecular complexity index is 578. The van der Waals surface area contributed by atoms with Crippen LogP contribution in [0.4, 0.5) is 0 Å². The van der Waals surface area contributed by atoms with Crippen LogP contribution >= 0.6 is 0 Å². The van der Waals surface area contributed by atoms with E-state index in [1.807, 2.05) is 26.1 Å². The highest BCUT2D eigenvalue weighted by molar-refractivity contribution is 5.89. The lowest BCUT2D eigenvalue weighted by molar-refractivity contribution is 0.0160. The van der Waals surface area contributed by atoms with Crippen molar-refractivity contribution >= 4 is 5.97 Å². The van der Waals surface area contributed by atoms with Crippen LogP contribution in [0.15, 0.2) is 36.7 Å². The molecule has 100 valence electrons. The van der Waals surface area contributed by atoms with Crippen LogP contribution < -0.4 is 0 Å². The molecule has 5 heteroatoms. The van der Waals surface area contributed by atoms with E-state index in [0.29, 0.717) is 6.61 Å². The van der Waals surface area contributed by atoms with Crippen LogP contribution in [-0.4, -0.2) is 27.5 Å². The van der Waals surface area contributed by atoms with Crippen molar-refractivity contribution in [3.8, 4) is 11.1 Å². The molecule has 0 saturated carbocycles. The van der Waals surface area contributed by atoms with Crippen LogP contribution in [0.3, 0.4) is 0 Å². The molecule has 0 aliphatic rings. The maximum Gasteiger partial charge on any atom is 0.335 e. The molecular weight excluding hydrogens is 244 g/mol. The molecule has 1 heterocycles. The number of carboxylic acid groups (broad SMARTS) is 1. The van der Waals surface area contributed by atoms with Crippen molar-refractivity contribution in [1.82, 2.24) is 9.78 Å². The standard InChI is InChI=1S/C14H16N2O3/c1-3-19-10(2)16-9-13(8-15-16)11-5-4-6-12(7-11)14(17)18/h4-10H,3H2,1-2H3,(H,17,18). The number of hydrogen-bond donors (Lipinski definition) is 1. The van der Waals surface area contributed by atoms with Gasteiger partial charge in [-0.1, -0.05) is 12.1 Å². The summed E-state index contributed by atoms with van der Waals surface area (Å²) in [6.07, 6.45) is 3.42. The van der Waals surface area contributed by atoms with Gasteiger partial charge in [-0.25, -0.2) is 9.48 Å². The van der Waals surface area contributed by atoms with E-state index in [1.54, 1.807) is 29.1 Å². The highest BCUT2D eigenvalue weighted by atomic mass is 16.5. The van der Waals surface area contributed by atoms with E-state index in [4.69, 9.17) is 9.84 Å². The molecule has 5 nitrogen and oxygen atoms in total. The normalized spacial score (nSPS) is 12.3. The lowest BCUT2D eigenvalue weighted by Crippen LogP contribution is -2.09. The Morgan fingerprint density at radius 2 is 2.26 bits per heavy atom. The lowest BCUT2D eigenvalue weighted by atomic mass is 10.1. The molecule has 0 fully saturated rings. The summed E-state index contributed by atoms with van der Waals surface area (Å²) in [4.78, 5) is 10.9. The van der Waals surface area contributed by atoms with E-state index in [-0.39, 0.29) is 11.8 Å². The molecule has 19 heavy (non-hydrogen) atoms. The molecule has 0 saturated heterocycles. The van der Waals surface area contributed by atoms with Crippen LogP contribution in [0.1, 0.15) is 30.4 Å². The number of nitrogens with zero attached hydrogens (tertiary/aromatic N) is 2. The van der Waals surface area contributed by atoms with Gasteiger partial charge in [-0.2, -0.15) is 5.10 Å². The molecule has 0 radical (unpaired) electrons. The van der Waals surface area contributed by atoms with Crippen molar-refractivity contribution < 1.29 is 14.6 Å². The molecule has 0 bridgehead atoms. The fraction of sp³-hybridized carbons (Fsp3) is 0.286.